The summed E-state index contributed by atoms with van der Waals surface area (Å²) in [5, 5.41) is 6.18. The molecule has 0 fully saturated rings. The molecule has 0 aliphatic rings. The van der Waals surface area contributed by atoms with Crippen LogP contribution in [0.1, 0.15) is 5.56 Å². The fourth-order valence-corrected chi connectivity index (χ4v) is 1.38. The highest BCUT2D eigenvalue weighted by Gasteiger charge is 2.06. The number of hydrogen-bond acceptors (Lipinski definition) is 3. The van der Waals surface area contributed by atoms with Gasteiger partial charge in [-0.2, -0.15) is 0 Å². The quantitative estimate of drug-likeness (QED) is 0.676. The van der Waals surface area contributed by atoms with E-state index in [-0.39, 0.29) is 0 Å². The van der Waals surface area contributed by atoms with Crippen molar-refractivity contribution in [2.24, 2.45) is 0 Å². The summed E-state index contributed by atoms with van der Waals surface area (Å²) in [4.78, 5) is 0. The van der Waals surface area contributed by atoms with Crippen LogP contribution in [-0.4, -0.2) is 33.4 Å². The van der Waals surface area contributed by atoms with E-state index in [9.17, 15) is 8.78 Å². The van der Waals surface area contributed by atoms with Crippen LogP contribution in [0.15, 0.2) is 18.2 Å². The molecule has 0 amide bonds. The number of rotatable bonds is 8. The van der Waals surface area contributed by atoms with Gasteiger partial charge in [0.2, 0.25) is 0 Å². The maximum atomic E-state index is 13.2. The van der Waals surface area contributed by atoms with E-state index in [0.29, 0.717) is 25.3 Å². The van der Waals surface area contributed by atoms with E-state index in [0.717, 1.165) is 19.2 Å². The van der Waals surface area contributed by atoms with Gasteiger partial charge >= 0.3 is 0 Å². The van der Waals surface area contributed by atoms with Crippen LogP contribution in [0.3, 0.4) is 0 Å². The van der Waals surface area contributed by atoms with Crippen molar-refractivity contribution >= 4 is 0 Å². The van der Waals surface area contributed by atoms with Crippen LogP contribution in [0.4, 0.5) is 8.78 Å². The zero-order chi connectivity index (χ0) is 12.5. The van der Waals surface area contributed by atoms with Crippen LogP contribution in [0, 0.1) is 11.6 Å². The predicted molar refractivity (Wildman–Crippen MR) is 62.8 cm³/mol. The predicted octanol–water partition coefficient (Wildman–Crippen LogP) is 1.29. The number of nitrogens with one attached hydrogen (secondary N) is 2. The lowest BCUT2D eigenvalue weighted by molar-refractivity contribution is 0.199. The Morgan fingerprint density at radius 1 is 1.12 bits per heavy atom. The fourth-order valence-electron chi connectivity index (χ4n) is 1.38. The van der Waals surface area contributed by atoms with Gasteiger partial charge in [0.25, 0.3) is 0 Å². The Labute approximate surface area is 100 Å². The minimum atomic E-state index is -0.803. The SMILES string of the molecule is COCCNCCNCc1cccc(F)c1F. The second kappa shape index (κ2) is 8.11. The summed E-state index contributed by atoms with van der Waals surface area (Å²) in [6.07, 6.45) is 0. The molecule has 0 bridgehead atoms. The lowest BCUT2D eigenvalue weighted by Gasteiger charge is -2.07. The van der Waals surface area contributed by atoms with Crippen LogP contribution >= 0.6 is 0 Å². The first-order valence-corrected chi connectivity index (χ1v) is 5.59. The second-order valence-electron chi connectivity index (χ2n) is 3.63. The summed E-state index contributed by atoms with van der Waals surface area (Å²) < 4.78 is 31.0. The molecule has 2 N–H and O–H groups in total. The summed E-state index contributed by atoms with van der Waals surface area (Å²) in [5.41, 5.74) is 0.349. The van der Waals surface area contributed by atoms with E-state index in [2.05, 4.69) is 10.6 Å². The molecule has 1 aromatic rings. The Balaban J connectivity index is 2.16. The average molecular weight is 244 g/mol. The standard InChI is InChI=1S/C12H18F2N2O/c1-17-8-7-15-5-6-16-9-10-3-2-4-11(13)12(10)14/h2-4,15-16H,5-9H2,1H3. The average Bonchev–Trinajstić information content (AvgIpc) is 2.33. The van der Waals surface area contributed by atoms with Gasteiger partial charge in [0, 0.05) is 38.9 Å². The molecular formula is C12H18F2N2O. The van der Waals surface area contributed by atoms with Crippen molar-refractivity contribution in [3.63, 3.8) is 0 Å². The molecule has 0 saturated carbocycles. The third-order valence-corrected chi connectivity index (χ3v) is 2.31. The van der Waals surface area contributed by atoms with Crippen LogP contribution in [-0.2, 0) is 11.3 Å². The van der Waals surface area contributed by atoms with Gasteiger partial charge in [0.1, 0.15) is 0 Å². The number of ether oxygens (including phenoxy) is 1. The molecule has 17 heavy (non-hydrogen) atoms. The van der Waals surface area contributed by atoms with Crippen LogP contribution in [0.5, 0.6) is 0 Å². The first-order valence-electron chi connectivity index (χ1n) is 5.59. The molecule has 1 rings (SSSR count). The zero-order valence-electron chi connectivity index (χ0n) is 9.93. The molecule has 3 nitrogen and oxygen atoms in total. The maximum Gasteiger partial charge on any atom is 0.163 e. The summed E-state index contributed by atoms with van der Waals surface area (Å²) in [5.74, 6) is -1.57. The highest BCUT2D eigenvalue weighted by atomic mass is 19.2. The van der Waals surface area contributed by atoms with Crippen molar-refractivity contribution in [1.29, 1.82) is 0 Å². The smallest absolute Gasteiger partial charge is 0.163 e. The summed E-state index contributed by atoms with van der Waals surface area (Å²) >= 11 is 0. The molecular weight excluding hydrogens is 226 g/mol. The summed E-state index contributed by atoms with van der Waals surface area (Å²) in [7, 11) is 1.65. The molecule has 0 aliphatic heterocycles. The van der Waals surface area contributed by atoms with Crippen LogP contribution in [0.2, 0.25) is 0 Å². The molecule has 0 aromatic heterocycles. The van der Waals surface area contributed by atoms with Gasteiger partial charge < -0.3 is 15.4 Å². The van der Waals surface area contributed by atoms with Crippen molar-refractivity contribution in [2.45, 2.75) is 6.54 Å². The third-order valence-electron chi connectivity index (χ3n) is 2.31. The summed E-state index contributed by atoms with van der Waals surface area (Å²) in [6, 6.07) is 4.20. The maximum absolute atomic E-state index is 13.2. The molecule has 1 aromatic carbocycles. The molecule has 0 saturated heterocycles. The number of methoxy groups -OCH3 is 1. The van der Waals surface area contributed by atoms with E-state index < -0.39 is 11.6 Å². The first kappa shape index (κ1) is 14.0. The van der Waals surface area contributed by atoms with Crippen LogP contribution < -0.4 is 10.6 Å². The molecule has 5 heteroatoms. The second-order valence-corrected chi connectivity index (χ2v) is 3.63. The Morgan fingerprint density at radius 2 is 1.88 bits per heavy atom. The van der Waals surface area contributed by atoms with Crippen LogP contribution in [0.25, 0.3) is 0 Å². The number of halogens is 2. The minimum Gasteiger partial charge on any atom is -0.383 e. The minimum absolute atomic E-state index is 0.329. The summed E-state index contributed by atoms with van der Waals surface area (Å²) in [6.45, 7) is 3.24. The zero-order valence-corrected chi connectivity index (χ0v) is 9.93. The monoisotopic (exact) mass is 244 g/mol. The fraction of sp³-hybridized carbons (Fsp3) is 0.500. The largest absolute Gasteiger partial charge is 0.383 e. The van der Waals surface area contributed by atoms with Gasteiger partial charge in [-0.25, -0.2) is 8.78 Å². The molecule has 96 valence electrons. The van der Waals surface area contributed by atoms with Gasteiger partial charge in [-0.15, -0.1) is 0 Å². The third kappa shape index (κ3) is 5.21. The Bertz CT molecular complexity index is 334. The molecule has 0 heterocycles. The van der Waals surface area contributed by atoms with Crippen molar-refractivity contribution in [1.82, 2.24) is 10.6 Å². The van der Waals surface area contributed by atoms with Crippen molar-refractivity contribution in [3.05, 3.63) is 35.4 Å². The normalized spacial score (nSPS) is 10.8. The van der Waals surface area contributed by atoms with Crippen molar-refractivity contribution in [3.8, 4) is 0 Å². The first-order chi connectivity index (χ1) is 8.25. The highest BCUT2D eigenvalue weighted by molar-refractivity contribution is 5.18. The van der Waals surface area contributed by atoms with Gasteiger partial charge in [-0.1, -0.05) is 12.1 Å². The van der Waals surface area contributed by atoms with Gasteiger partial charge in [-0.3, -0.25) is 0 Å². The van der Waals surface area contributed by atoms with E-state index in [1.54, 1.807) is 13.2 Å². The number of benzene rings is 1. The van der Waals surface area contributed by atoms with E-state index >= 15 is 0 Å². The highest BCUT2D eigenvalue weighted by Crippen LogP contribution is 2.10. The van der Waals surface area contributed by atoms with E-state index in [4.69, 9.17) is 4.74 Å². The molecule has 0 atom stereocenters. The molecule has 0 aliphatic carbocycles. The van der Waals surface area contributed by atoms with E-state index in [1.165, 1.54) is 6.07 Å². The van der Waals surface area contributed by atoms with Crippen molar-refractivity contribution < 1.29 is 13.5 Å². The Kier molecular flexibility index (Phi) is 6.69. The van der Waals surface area contributed by atoms with Gasteiger partial charge in [0.15, 0.2) is 11.6 Å². The van der Waals surface area contributed by atoms with E-state index in [1.807, 2.05) is 0 Å². The number of hydrogen-bond donors (Lipinski definition) is 2. The molecule has 0 unspecified atom stereocenters. The molecule has 0 spiro atoms. The Hall–Kier alpha value is -1.04. The lowest BCUT2D eigenvalue weighted by Crippen LogP contribution is -2.29. The molecule has 0 radical (unpaired) electrons. The van der Waals surface area contributed by atoms with Gasteiger partial charge in [-0.05, 0) is 6.07 Å². The Morgan fingerprint density at radius 3 is 2.65 bits per heavy atom. The lowest BCUT2D eigenvalue weighted by atomic mass is 10.2. The van der Waals surface area contributed by atoms with Gasteiger partial charge in [0.05, 0.1) is 6.61 Å². The topological polar surface area (TPSA) is 33.3 Å². The van der Waals surface area contributed by atoms with Crippen molar-refractivity contribution in [2.75, 3.05) is 33.4 Å².